The first-order valence-electron chi connectivity index (χ1n) is 4.29. The lowest BCUT2D eigenvalue weighted by molar-refractivity contribution is 0.469. The van der Waals surface area contributed by atoms with Crippen LogP contribution in [0.1, 0.15) is 5.01 Å². The Morgan fingerprint density at radius 3 is 2.81 bits per heavy atom. The van der Waals surface area contributed by atoms with E-state index in [9.17, 15) is 4.39 Å². The molecule has 1 heterocycles. The second-order valence-corrected chi connectivity index (χ2v) is 4.99. The van der Waals surface area contributed by atoms with Crippen LogP contribution < -0.4 is 10.5 Å². The van der Waals surface area contributed by atoms with E-state index >= 15 is 0 Å². The summed E-state index contributed by atoms with van der Waals surface area (Å²) < 4.78 is 18.9. The lowest BCUT2D eigenvalue weighted by Crippen LogP contribution is -1.93. The molecule has 2 rings (SSSR count). The highest BCUT2D eigenvalue weighted by Crippen LogP contribution is 2.32. The van der Waals surface area contributed by atoms with Gasteiger partial charge in [0.15, 0.2) is 5.75 Å². The summed E-state index contributed by atoms with van der Waals surface area (Å²) in [7, 11) is 0. The van der Waals surface area contributed by atoms with Crippen molar-refractivity contribution in [3.8, 4) is 10.9 Å². The van der Waals surface area contributed by atoms with Gasteiger partial charge in [0, 0.05) is 6.07 Å². The molecule has 1 aromatic heterocycles. The molecule has 84 valence electrons. The molecule has 0 saturated heterocycles. The first-order chi connectivity index (χ1) is 7.56. The molecule has 0 fully saturated rings. The summed E-state index contributed by atoms with van der Waals surface area (Å²) in [6.07, 6.45) is 0. The zero-order valence-corrected chi connectivity index (χ0v) is 10.6. The Hall–Kier alpha value is -1.21. The smallest absolute Gasteiger partial charge is 0.299 e. The van der Waals surface area contributed by atoms with Gasteiger partial charge in [0.25, 0.3) is 5.19 Å². The van der Waals surface area contributed by atoms with Gasteiger partial charge in [0.05, 0.1) is 10.2 Å². The Kier molecular flexibility index (Phi) is 3.06. The van der Waals surface area contributed by atoms with Gasteiger partial charge >= 0.3 is 0 Å². The number of aryl methyl sites for hydroxylation is 1. The first kappa shape index (κ1) is 11.3. The molecule has 0 spiro atoms. The first-order valence-corrected chi connectivity index (χ1v) is 5.89. The monoisotopic (exact) mass is 303 g/mol. The third kappa shape index (κ3) is 2.30. The van der Waals surface area contributed by atoms with Crippen LogP contribution in [0.2, 0.25) is 0 Å². The number of nitrogens with two attached hydrogens (primary N) is 1. The summed E-state index contributed by atoms with van der Waals surface area (Å²) in [6.45, 7) is 1.80. The number of nitrogens with zero attached hydrogens (tertiary/aromatic N) is 2. The van der Waals surface area contributed by atoms with Crippen LogP contribution in [-0.2, 0) is 0 Å². The number of aromatic nitrogens is 2. The molecule has 0 aliphatic heterocycles. The van der Waals surface area contributed by atoms with Crippen LogP contribution >= 0.6 is 27.3 Å². The third-order valence-electron chi connectivity index (χ3n) is 1.76. The summed E-state index contributed by atoms with van der Waals surface area (Å²) >= 11 is 4.30. The van der Waals surface area contributed by atoms with Crippen molar-refractivity contribution in [1.82, 2.24) is 10.2 Å². The predicted octanol–water partition coefficient (Wildman–Crippen LogP) is 3.12. The Morgan fingerprint density at radius 2 is 2.19 bits per heavy atom. The van der Waals surface area contributed by atoms with Crippen LogP contribution in [0.15, 0.2) is 16.6 Å². The van der Waals surface area contributed by atoms with E-state index in [0.29, 0.717) is 15.4 Å². The fourth-order valence-electron chi connectivity index (χ4n) is 1.05. The largest absolute Gasteiger partial charge is 0.427 e. The summed E-state index contributed by atoms with van der Waals surface area (Å²) in [5.74, 6) is -0.206. The number of halogens is 2. The lowest BCUT2D eigenvalue weighted by atomic mass is 10.3. The Bertz CT molecular complexity index is 531. The molecule has 0 bridgehead atoms. The maximum absolute atomic E-state index is 13.3. The van der Waals surface area contributed by atoms with E-state index in [1.165, 1.54) is 23.5 Å². The van der Waals surface area contributed by atoms with Crippen LogP contribution in [0.3, 0.4) is 0 Å². The van der Waals surface area contributed by atoms with Crippen molar-refractivity contribution < 1.29 is 9.13 Å². The van der Waals surface area contributed by atoms with E-state index in [1.54, 1.807) is 6.92 Å². The number of benzene rings is 1. The van der Waals surface area contributed by atoms with E-state index in [2.05, 4.69) is 26.1 Å². The maximum Gasteiger partial charge on any atom is 0.299 e. The van der Waals surface area contributed by atoms with Crippen molar-refractivity contribution in [3.63, 3.8) is 0 Å². The van der Waals surface area contributed by atoms with Gasteiger partial charge in [-0.15, -0.1) is 5.10 Å². The number of ether oxygens (including phenoxy) is 1. The highest BCUT2D eigenvalue weighted by Gasteiger charge is 2.10. The SMILES string of the molecule is Cc1nnc(Oc2cc(F)c(Br)cc2N)s1. The van der Waals surface area contributed by atoms with Crippen LogP contribution in [0, 0.1) is 12.7 Å². The number of rotatable bonds is 2. The minimum Gasteiger partial charge on any atom is -0.427 e. The molecular formula is C9H7BrFN3OS. The Labute approximate surface area is 103 Å². The van der Waals surface area contributed by atoms with Gasteiger partial charge in [0.2, 0.25) is 0 Å². The van der Waals surface area contributed by atoms with Gasteiger partial charge < -0.3 is 10.5 Å². The summed E-state index contributed by atoms with van der Waals surface area (Å²) in [6, 6.07) is 2.65. The van der Waals surface area contributed by atoms with Crippen molar-refractivity contribution in [2.75, 3.05) is 5.73 Å². The number of hydrogen-bond acceptors (Lipinski definition) is 5. The molecule has 0 aliphatic rings. The summed E-state index contributed by atoms with van der Waals surface area (Å²) in [5.41, 5.74) is 6.01. The van der Waals surface area contributed by atoms with Crippen molar-refractivity contribution in [3.05, 3.63) is 27.4 Å². The van der Waals surface area contributed by atoms with Crippen molar-refractivity contribution in [2.45, 2.75) is 6.92 Å². The quantitative estimate of drug-likeness (QED) is 0.866. The number of nitrogen functional groups attached to an aromatic ring is 1. The molecule has 2 N–H and O–H groups in total. The van der Waals surface area contributed by atoms with Crippen LogP contribution in [-0.4, -0.2) is 10.2 Å². The van der Waals surface area contributed by atoms with Gasteiger partial charge in [-0.2, -0.15) is 0 Å². The van der Waals surface area contributed by atoms with E-state index < -0.39 is 5.82 Å². The topological polar surface area (TPSA) is 61.0 Å². The highest BCUT2D eigenvalue weighted by atomic mass is 79.9. The molecule has 0 saturated carbocycles. The van der Waals surface area contributed by atoms with Crippen LogP contribution in [0.25, 0.3) is 0 Å². The molecule has 7 heteroatoms. The molecule has 0 amide bonds. The normalized spacial score (nSPS) is 10.4. The fourth-order valence-corrected chi connectivity index (χ4v) is 1.95. The van der Waals surface area contributed by atoms with E-state index in [1.807, 2.05) is 0 Å². The molecule has 16 heavy (non-hydrogen) atoms. The van der Waals surface area contributed by atoms with E-state index in [4.69, 9.17) is 10.5 Å². The Balaban J connectivity index is 2.31. The number of hydrogen-bond donors (Lipinski definition) is 1. The molecule has 2 aromatic rings. The minimum atomic E-state index is -0.439. The second-order valence-electron chi connectivity index (χ2n) is 2.99. The molecule has 0 radical (unpaired) electrons. The van der Waals surface area contributed by atoms with Gasteiger partial charge in [-0.05, 0) is 28.9 Å². The average molecular weight is 304 g/mol. The summed E-state index contributed by atoms with van der Waals surface area (Å²) in [4.78, 5) is 0. The van der Waals surface area contributed by atoms with E-state index in [-0.39, 0.29) is 5.75 Å². The fraction of sp³-hybridized carbons (Fsp3) is 0.111. The van der Waals surface area contributed by atoms with Gasteiger partial charge in [-0.1, -0.05) is 16.4 Å². The second kappa shape index (κ2) is 4.34. The predicted molar refractivity (Wildman–Crippen MR) is 63.2 cm³/mol. The molecule has 0 atom stereocenters. The average Bonchev–Trinajstić information content (AvgIpc) is 2.60. The molecule has 0 aliphatic carbocycles. The Morgan fingerprint density at radius 1 is 1.44 bits per heavy atom. The van der Waals surface area contributed by atoms with Crippen LogP contribution in [0.4, 0.5) is 10.1 Å². The summed E-state index contributed by atoms with van der Waals surface area (Å²) in [5, 5.41) is 8.65. The van der Waals surface area contributed by atoms with E-state index in [0.717, 1.165) is 5.01 Å². The maximum atomic E-state index is 13.3. The molecule has 1 aromatic carbocycles. The lowest BCUT2D eigenvalue weighted by Gasteiger charge is -2.05. The van der Waals surface area contributed by atoms with Crippen molar-refractivity contribution >= 4 is 33.0 Å². The third-order valence-corrected chi connectivity index (χ3v) is 3.08. The van der Waals surface area contributed by atoms with Crippen molar-refractivity contribution in [2.24, 2.45) is 0 Å². The molecular weight excluding hydrogens is 297 g/mol. The molecule has 4 nitrogen and oxygen atoms in total. The van der Waals surface area contributed by atoms with Gasteiger partial charge in [-0.3, -0.25) is 0 Å². The molecule has 0 unspecified atom stereocenters. The van der Waals surface area contributed by atoms with Crippen LogP contribution in [0.5, 0.6) is 10.9 Å². The minimum absolute atomic E-state index is 0.233. The zero-order valence-electron chi connectivity index (χ0n) is 8.20. The standard InChI is InChI=1S/C9H7BrFN3OS/c1-4-13-14-9(16-4)15-8-3-6(11)5(10)2-7(8)12/h2-3H,12H2,1H3. The highest BCUT2D eigenvalue weighted by molar-refractivity contribution is 9.10. The zero-order chi connectivity index (χ0) is 11.7. The number of anilines is 1. The van der Waals surface area contributed by atoms with Gasteiger partial charge in [-0.25, -0.2) is 4.39 Å². The van der Waals surface area contributed by atoms with Crippen molar-refractivity contribution in [1.29, 1.82) is 0 Å². The van der Waals surface area contributed by atoms with Gasteiger partial charge in [0.1, 0.15) is 10.8 Å².